The van der Waals surface area contributed by atoms with Crippen LogP contribution in [0.3, 0.4) is 0 Å². The number of unbranched alkanes of at least 4 members (excludes halogenated alkanes) is 1. The maximum atomic E-state index is 12.4. The summed E-state index contributed by atoms with van der Waals surface area (Å²) in [7, 11) is -1.95. The number of carboxylic acids is 1. The van der Waals surface area contributed by atoms with Crippen molar-refractivity contribution in [3.8, 4) is 5.75 Å². The minimum atomic E-state index is -3.53. The molecule has 154 valence electrons. The Kier molecular flexibility index (Phi) is 8.73. The molecule has 0 saturated heterocycles. The van der Waals surface area contributed by atoms with Gasteiger partial charge in [0.2, 0.25) is 10.0 Å². The van der Waals surface area contributed by atoms with E-state index in [1.165, 1.54) is 5.41 Å². The largest absolute Gasteiger partial charge is 0.497 e. The molecule has 0 radical (unpaired) electrons. The summed E-state index contributed by atoms with van der Waals surface area (Å²) < 4.78 is 32.8. The average molecular weight is 408 g/mol. The van der Waals surface area contributed by atoms with Gasteiger partial charge in [0, 0.05) is 17.9 Å². The second-order valence-corrected chi connectivity index (χ2v) is 8.63. The van der Waals surface area contributed by atoms with E-state index in [2.05, 4.69) is 4.72 Å². The van der Waals surface area contributed by atoms with Crippen molar-refractivity contribution in [1.82, 2.24) is 4.72 Å². The molecule has 6 nitrogen and oxygen atoms in total. The van der Waals surface area contributed by atoms with Gasteiger partial charge in [0.15, 0.2) is 0 Å². The van der Waals surface area contributed by atoms with Crippen molar-refractivity contribution >= 4 is 22.1 Å². The zero-order valence-electron chi connectivity index (χ0n) is 16.2. The fourth-order valence-electron chi connectivity index (χ4n) is 3.40. The first-order chi connectivity index (χ1) is 13.4. The minimum absolute atomic E-state index is 0.0661. The number of carboxylic acid groups (broad SMARTS) is 1. The minimum Gasteiger partial charge on any atom is -0.497 e. The first-order valence-corrected chi connectivity index (χ1v) is 11.2. The van der Waals surface area contributed by atoms with Gasteiger partial charge in [0.05, 0.1) is 7.11 Å². The number of nitrogens with one attached hydrogen (secondary N) is 1. The SMILES string of the molecule is COc1cccc(C=CS(=O)(=O)NC2CCCC2CC=CCCCC(=O)O)c1. The van der Waals surface area contributed by atoms with Crippen molar-refractivity contribution in [2.45, 2.75) is 51.0 Å². The molecule has 0 spiro atoms. The average Bonchev–Trinajstić information content (AvgIpc) is 3.09. The van der Waals surface area contributed by atoms with Crippen molar-refractivity contribution in [2.24, 2.45) is 5.92 Å². The monoisotopic (exact) mass is 407 g/mol. The first kappa shape index (κ1) is 22.2. The van der Waals surface area contributed by atoms with Gasteiger partial charge in [0.1, 0.15) is 5.75 Å². The van der Waals surface area contributed by atoms with Crippen LogP contribution < -0.4 is 9.46 Å². The van der Waals surface area contributed by atoms with E-state index in [4.69, 9.17) is 9.84 Å². The molecule has 0 amide bonds. The summed E-state index contributed by atoms with van der Waals surface area (Å²) in [5, 5.41) is 9.83. The molecule has 2 rings (SSSR count). The highest BCUT2D eigenvalue weighted by Gasteiger charge is 2.28. The second-order valence-electron chi connectivity index (χ2n) is 7.03. The quantitative estimate of drug-likeness (QED) is 0.428. The van der Waals surface area contributed by atoms with Crippen molar-refractivity contribution in [2.75, 3.05) is 7.11 Å². The van der Waals surface area contributed by atoms with Crippen LogP contribution in [0.25, 0.3) is 6.08 Å². The fraction of sp³-hybridized carbons (Fsp3) is 0.476. The molecule has 7 heteroatoms. The van der Waals surface area contributed by atoms with Gasteiger partial charge in [-0.1, -0.05) is 30.7 Å². The number of aliphatic carboxylic acids is 1. The number of hydrogen-bond acceptors (Lipinski definition) is 4. The number of hydrogen-bond donors (Lipinski definition) is 2. The van der Waals surface area contributed by atoms with E-state index < -0.39 is 16.0 Å². The summed E-state index contributed by atoms with van der Waals surface area (Å²) in [5.41, 5.74) is 0.761. The smallest absolute Gasteiger partial charge is 0.303 e. The van der Waals surface area contributed by atoms with Gasteiger partial charge >= 0.3 is 5.97 Å². The molecule has 1 aliphatic carbocycles. The van der Waals surface area contributed by atoms with Gasteiger partial charge in [-0.3, -0.25) is 4.79 Å². The van der Waals surface area contributed by atoms with Crippen molar-refractivity contribution in [1.29, 1.82) is 0 Å². The molecule has 0 aliphatic heterocycles. The maximum absolute atomic E-state index is 12.4. The van der Waals surface area contributed by atoms with Crippen molar-refractivity contribution in [3.05, 3.63) is 47.4 Å². The van der Waals surface area contributed by atoms with Gasteiger partial charge in [0.25, 0.3) is 0 Å². The Labute approximate surface area is 167 Å². The van der Waals surface area contributed by atoms with Crippen LogP contribution >= 0.6 is 0 Å². The Morgan fingerprint density at radius 2 is 2.14 bits per heavy atom. The van der Waals surface area contributed by atoms with Gasteiger partial charge in [-0.25, -0.2) is 13.1 Å². The Bertz CT molecular complexity index is 801. The third kappa shape index (κ3) is 7.86. The van der Waals surface area contributed by atoms with E-state index in [9.17, 15) is 13.2 Å². The number of ether oxygens (including phenoxy) is 1. The number of benzene rings is 1. The Balaban J connectivity index is 1.86. The highest BCUT2D eigenvalue weighted by Crippen LogP contribution is 2.29. The van der Waals surface area contributed by atoms with E-state index in [-0.39, 0.29) is 18.4 Å². The summed E-state index contributed by atoms with van der Waals surface area (Å²) in [5.74, 6) is 0.176. The molecule has 2 atom stereocenters. The van der Waals surface area contributed by atoms with Crippen LogP contribution in [0.4, 0.5) is 0 Å². The molecule has 1 aromatic carbocycles. The van der Waals surface area contributed by atoms with Crippen LogP contribution in [0, 0.1) is 5.92 Å². The summed E-state index contributed by atoms with van der Waals surface area (Å²) in [4.78, 5) is 10.5. The Morgan fingerprint density at radius 3 is 2.89 bits per heavy atom. The number of methoxy groups -OCH3 is 1. The van der Waals surface area contributed by atoms with Crippen LogP contribution in [0.15, 0.2) is 41.8 Å². The normalized spacial score (nSPS) is 20.2. The first-order valence-electron chi connectivity index (χ1n) is 9.61. The zero-order valence-corrected chi connectivity index (χ0v) is 17.0. The van der Waals surface area contributed by atoms with Gasteiger partial charge in [-0.2, -0.15) is 0 Å². The summed E-state index contributed by atoms with van der Waals surface area (Å²) >= 11 is 0. The predicted octanol–water partition coefficient (Wildman–Crippen LogP) is 3.96. The van der Waals surface area contributed by atoms with E-state index in [0.717, 1.165) is 37.7 Å². The third-order valence-corrected chi connectivity index (χ3v) is 6.00. The number of carbonyl (C=O) groups is 1. The molecule has 0 aromatic heterocycles. The summed E-state index contributed by atoms with van der Waals surface area (Å²) in [6.07, 6.45) is 10.8. The van der Waals surface area contributed by atoms with Crippen molar-refractivity contribution < 1.29 is 23.1 Å². The van der Waals surface area contributed by atoms with Gasteiger partial charge in [-0.15, -0.1) is 0 Å². The third-order valence-electron chi connectivity index (χ3n) is 4.88. The predicted molar refractivity (Wildman–Crippen MR) is 110 cm³/mol. The molecule has 1 saturated carbocycles. The van der Waals surface area contributed by atoms with Crippen LogP contribution in [-0.4, -0.2) is 32.6 Å². The Hall–Kier alpha value is -2.12. The summed E-state index contributed by atoms with van der Waals surface area (Å²) in [6.45, 7) is 0. The highest BCUT2D eigenvalue weighted by molar-refractivity contribution is 7.92. The molecule has 1 aliphatic rings. The Morgan fingerprint density at radius 1 is 1.32 bits per heavy atom. The molecule has 0 bridgehead atoms. The summed E-state index contributed by atoms with van der Waals surface area (Å²) in [6, 6.07) is 7.15. The molecule has 0 heterocycles. The molecule has 1 fully saturated rings. The lowest BCUT2D eigenvalue weighted by Gasteiger charge is -2.18. The van der Waals surface area contributed by atoms with E-state index in [1.54, 1.807) is 19.3 Å². The second kappa shape index (κ2) is 11.0. The van der Waals surface area contributed by atoms with E-state index in [0.29, 0.717) is 12.2 Å². The lowest BCUT2D eigenvalue weighted by molar-refractivity contribution is -0.137. The molecule has 2 unspecified atom stereocenters. The standard InChI is InChI=1S/C21H29NO5S/c1-27-19-11-6-8-17(16-19)14-15-28(25,26)22-20-12-7-10-18(20)9-4-2-3-5-13-21(23)24/h2,4,6,8,11,14-16,18,20,22H,3,5,7,9-10,12-13H2,1H3,(H,23,24). The van der Waals surface area contributed by atoms with Gasteiger partial charge < -0.3 is 9.84 Å². The van der Waals surface area contributed by atoms with Crippen LogP contribution in [-0.2, 0) is 14.8 Å². The maximum Gasteiger partial charge on any atom is 0.303 e. The van der Waals surface area contributed by atoms with E-state index >= 15 is 0 Å². The lowest BCUT2D eigenvalue weighted by Crippen LogP contribution is -2.36. The number of rotatable bonds is 11. The number of allylic oxidation sites excluding steroid dienone is 2. The van der Waals surface area contributed by atoms with Crippen LogP contribution in [0.1, 0.15) is 50.5 Å². The van der Waals surface area contributed by atoms with Crippen molar-refractivity contribution in [3.63, 3.8) is 0 Å². The zero-order chi connectivity index (χ0) is 20.4. The molecule has 1 aromatic rings. The topological polar surface area (TPSA) is 92.7 Å². The molecule has 28 heavy (non-hydrogen) atoms. The lowest BCUT2D eigenvalue weighted by atomic mass is 10.00. The molecular weight excluding hydrogens is 378 g/mol. The molecule has 2 N–H and O–H groups in total. The fourth-order valence-corrected chi connectivity index (χ4v) is 4.54. The molecular formula is C21H29NO5S. The van der Waals surface area contributed by atoms with Gasteiger partial charge in [-0.05, 0) is 61.8 Å². The van der Waals surface area contributed by atoms with E-state index in [1.807, 2.05) is 30.4 Å². The number of sulfonamides is 1. The van der Waals surface area contributed by atoms with Crippen LogP contribution in [0.5, 0.6) is 5.75 Å². The van der Waals surface area contributed by atoms with Crippen LogP contribution in [0.2, 0.25) is 0 Å². The highest BCUT2D eigenvalue weighted by atomic mass is 32.2.